The van der Waals surface area contributed by atoms with Crippen molar-refractivity contribution < 1.29 is 0 Å². The third-order valence-corrected chi connectivity index (χ3v) is 20.8. The number of hydrogen-bond donors (Lipinski definition) is 0. The molecule has 0 radical (unpaired) electrons. The monoisotopic (exact) mass is 756 g/mol. The molecule has 0 aliphatic rings. The van der Waals surface area contributed by atoms with Crippen molar-refractivity contribution in [3.63, 3.8) is 0 Å². The van der Waals surface area contributed by atoms with Gasteiger partial charge in [0.05, 0.1) is 0 Å². The summed E-state index contributed by atoms with van der Waals surface area (Å²) in [7, 11) is -5.74. The predicted molar refractivity (Wildman–Crippen MR) is 242 cm³/mol. The molecular formula is C52H48N2Si2. The van der Waals surface area contributed by atoms with Crippen molar-refractivity contribution in [2.75, 3.05) is 13.1 Å². The summed E-state index contributed by atoms with van der Waals surface area (Å²) < 4.78 is 5.78. The Kier molecular flexibility index (Phi) is 11.7. The number of rotatable bonds is 15. The molecule has 0 atom stereocenters. The molecule has 0 aliphatic carbocycles. The van der Waals surface area contributed by atoms with Gasteiger partial charge in [0.15, 0.2) is 0 Å². The van der Waals surface area contributed by atoms with Crippen LogP contribution in [0.5, 0.6) is 0 Å². The van der Waals surface area contributed by atoms with Crippen LogP contribution in [0.25, 0.3) is 0 Å². The van der Waals surface area contributed by atoms with Gasteiger partial charge in [0.2, 0.25) is 16.5 Å². The molecule has 4 heteroatoms. The quantitative estimate of drug-likeness (QED) is 0.0800. The summed E-state index contributed by atoms with van der Waals surface area (Å²) in [5.74, 6) is 0. The second-order valence-corrected chi connectivity index (χ2v) is 22.0. The van der Waals surface area contributed by atoms with Crippen molar-refractivity contribution in [2.24, 2.45) is 0 Å². The fourth-order valence-electron chi connectivity index (χ4n) is 8.75. The molecule has 0 N–H and O–H groups in total. The standard InChI is InChI=1S/C52H48N2Si2/c1-9-25-45(26-10-1)43-53(55(47-29-13-3-14-30-47,48-31-15-4-16-32-48)49-33-17-5-18-34-49)41-42-54(44-46-27-11-2-12-28-46)56(50-35-19-6-20-36-50,51-37-21-7-22-38-51)52-39-23-8-24-40-52/h1-40H,41-44H2. The van der Waals surface area contributed by atoms with E-state index in [1.165, 1.54) is 42.2 Å². The highest BCUT2D eigenvalue weighted by Crippen LogP contribution is 2.22. The van der Waals surface area contributed by atoms with Crippen LogP contribution >= 0.6 is 0 Å². The molecule has 0 aliphatic heterocycles. The Morgan fingerprint density at radius 1 is 0.232 bits per heavy atom. The van der Waals surface area contributed by atoms with Crippen molar-refractivity contribution in [3.8, 4) is 0 Å². The minimum absolute atomic E-state index is 0.821. The summed E-state index contributed by atoms with van der Waals surface area (Å²) >= 11 is 0. The molecule has 274 valence electrons. The molecule has 0 heterocycles. The summed E-state index contributed by atoms with van der Waals surface area (Å²) in [5.41, 5.74) is 2.64. The van der Waals surface area contributed by atoms with Crippen LogP contribution in [0, 0.1) is 0 Å². The van der Waals surface area contributed by atoms with Gasteiger partial charge in [-0.3, -0.25) is 0 Å². The molecule has 0 fully saturated rings. The maximum Gasteiger partial charge on any atom is 0.225 e. The zero-order valence-corrected chi connectivity index (χ0v) is 33.8. The van der Waals surface area contributed by atoms with E-state index in [0.29, 0.717) is 0 Å². The minimum atomic E-state index is -2.87. The molecule has 0 spiro atoms. The van der Waals surface area contributed by atoms with E-state index in [-0.39, 0.29) is 0 Å². The lowest BCUT2D eigenvalue weighted by Crippen LogP contribution is -2.79. The molecule has 0 amide bonds. The molecule has 0 aromatic heterocycles. The second-order valence-electron chi connectivity index (χ2n) is 14.4. The third kappa shape index (κ3) is 7.53. The fourth-order valence-corrected chi connectivity index (χ4v) is 18.7. The van der Waals surface area contributed by atoms with Gasteiger partial charge in [-0.1, -0.05) is 243 Å². The van der Waals surface area contributed by atoms with Crippen LogP contribution in [0.15, 0.2) is 243 Å². The number of benzene rings is 8. The first-order valence-electron chi connectivity index (χ1n) is 19.7. The summed E-state index contributed by atoms with van der Waals surface area (Å²) in [5, 5.41) is 8.34. The molecule has 0 saturated carbocycles. The van der Waals surface area contributed by atoms with Gasteiger partial charge in [-0.25, -0.2) is 0 Å². The average Bonchev–Trinajstić information content (AvgIpc) is 3.29. The predicted octanol–water partition coefficient (Wildman–Crippen LogP) is 7.33. The van der Waals surface area contributed by atoms with Crippen molar-refractivity contribution in [1.29, 1.82) is 0 Å². The summed E-state index contributed by atoms with van der Waals surface area (Å²) in [6.07, 6.45) is 0. The van der Waals surface area contributed by atoms with Gasteiger partial charge < -0.3 is 9.13 Å². The Bertz CT molecular complexity index is 1980. The molecule has 0 unspecified atom stereocenters. The van der Waals surface area contributed by atoms with E-state index >= 15 is 0 Å². The van der Waals surface area contributed by atoms with E-state index in [0.717, 1.165) is 26.2 Å². The lowest BCUT2D eigenvalue weighted by Gasteiger charge is -2.47. The van der Waals surface area contributed by atoms with Gasteiger partial charge in [0.1, 0.15) is 0 Å². The molecule has 8 aromatic carbocycles. The van der Waals surface area contributed by atoms with Gasteiger partial charge in [-0.05, 0) is 42.2 Å². The van der Waals surface area contributed by atoms with E-state index < -0.39 is 16.5 Å². The van der Waals surface area contributed by atoms with Crippen molar-refractivity contribution in [2.45, 2.75) is 13.1 Å². The molecule has 8 aromatic rings. The number of nitrogens with zero attached hydrogens (tertiary/aromatic N) is 2. The second kappa shape index (κ2) is 17.7. The summed E-state index contributed by atoms with van der Waals surface area (Å²) in [4.78, 5) is 0. The van der Waals surface area contributed by atoms with Crippen LogP contribution in [0.3, 0.4) is 0 Å². The Morgan fingerprint density at radius 3 is 0.607 bits per heavy atom. The van der Waals surface area contributed by atoms with E-state index in [9.17, 15) is 0 Å². The van der Waals surface area contributed by atoms with Crippen LogP contribution in [0.2, 0.25) is 0 Å². The Hall–Kier alpha value is -5.89. The highest BCUT2D eigenvalue weighted by molar-refractivity contribution is 7.10. The highest BCUT2D eigenvalue weighted by Gasteiger charge is 2.48. The largest absolute Gasteiger partial charge is 0.308 e. The molecule has 0 bridgehead atoms. The smallest absolute Gasteiger partial charge is 0.225 e. The molecule has 2 nitrogen and oxygen atoms in total. The van der Waals surface area contributed by atoms with E-state index in [4.69, 9.17) is 0 Å². The fraction of sp³-hybridized carbons (Fsp3) is 0.0769. The van der Waals surface area contributed by atoms with Crippen LogP contribution in [-0.4, -0.2) is 38.7 Å². The Morgan fingerprint density at radius 2 is 0.411 bits per heavy atom. The lowest BCUT2D eigenvalue weighted by atomic mass is 10.2. The van der Waals surface area contributed by atoms with Crippen LogP contribution in [0.1, 0.15) is 11.1 Å². The zero-order valence-electron chi connectivity index (χ0n) is 31.8. The SMILES string of the molecule is c1ccc(CN(CCN(Cc2ccccc2)[Si](c2ccccc2)(c2ccccc2)c2ccccc2)[Si](c2ccccc2)(c2ccccc2)c2ccccc2)cc1. The maximum absolute atomic E-state index is 2.89. The van der Waals surface area contributed by atoms with Gasteiger partial charge in [0, 0.05) is 26.2 Å². The lowest BCUT2D eigenvalue weighted by molar-refractivity contribution is 0.344. The maximum atomic E-state index is 2.89. The average molecular weight is 757 g/mol. The van der Waals surface area contributed by atoms with Crippen molar-refractivity contribution >= 4 is 47.6 Å². The number of hydrogen-bond acceptors (Lipinski definition) is 2. The zero-order chi connectivity index (χ0) is 37.9. The van der Waals surface area contributed by atoms with Gasteiger partial charge >= 0.3 is 0 Å². The van der Waals surface area contributed by atoms with E-state index in [1.807, 2.05) is 0 Å². The van der Waals surface area contributed by atoms with Crippen molar-refractivity contribution in [1.82, 2.24) is 9.13 Å². The topological polar surface area (TPSA) is 6.48 Å². The van der Waals surface area contributed by atoms with Gasteiger partial charge in [0.25, 0.3) is 0 Å². The van der Waals surface area contributed by atoms with Crippen LogP contribution in [-0.2, 0) is 13.1 Å². The summed E-state index contributed by atoms with van der Waals surface area (Å²) in [6.45, 7) is 3.35. The molecule has 0 saturated heterocycles. The van der Waals surface area contributed by atoms with Gasteiger partial charge in [-0.2, -0.15) is 0 Å². The first kappa shape index (κ1) is 37.1. The van der Waals surface area contributed by atoms with Gasteiger partial charge in [-0.15, -0.1) is 0 Å². The minimum Gasteiger partial charge on any atom is -0.308 e. The van der Waals surface area contributed by atoms with E-state index in [1.54, 1.807) is 0 Å². The first-order valence-corrected chi connectivity index (χ1v) is 23.6. The first-order chi connectivity index (χ1) is 27.8. The molecule has 8 rings (SSSR count). The van der Waals surface area contributed by atoms with E-state index in [2.05, 4.69) is 252 Å². The highest BCUT2D eigenvalue weighted by atomic mass is 28.3. The normalized spacial score (nSPS) is 11.8. The molecule has 56 heavy (non-hydrogen) atoms. The Balaban J connectivity index is 1.37. The Labute approximate surface area is 335 Å². The molecular weight excluding hydrogens is 709 g/mol. The van der Waals surface area contributed by atoms with Crippen LogP contribution in [0.4, 0.5) is 0 Å². The van der Waals surface area contributed by atoms with Crippen LogP contribution < -0.4 is 31.1 Å². The van der Waals surface area contributed by atoms with Crippen molar-refractivity contribution in [3.05, 3.63) is 254 Å². The third-order valence-electron chi connectivity index (χ3n) is 11.2. The summed E-state index contributed by atoms with van der Waals surface area (Å²) in [6, 6.07) is 90.4.